The van der Waals surface area contributed by atoms with E-state index in [9.17, 15) is 47.2 Å². The lowest BCUT2D eigenvalue weighted by Crippen LogP contribution is -2.22. The SMILES string of the molecule is CNC(=O)c1cc(-c2cc(N)c3cnc(NC(=O)C4CC4C#N)cc3c2)n(C)n1.Cc1ccccc1-c1cc2cc(NC(=O)C3CC3C#N)ncc2c(N)c1C#N.Cc1cn2ccnc2cc1-c1cc(N)c2cnc(NC(=O)C3CC3C#N)cc2c1.N#CC1CC1C(=O)Nc1cc2cc(-c3cc[nH]c3)cc(N)c2cn1.N#CC1CC1C(=O)Nc1cc2cc(C3=CCN=C3C(F)(F)F)cc(N)c2cn1. The van der Waals surface area contributed by atoms with Gasteiger partial charge in [0.2, 0.25) is 29.5 Å². The molecule has 138 heavy (non-hydrogen) atoms. The molecule has 684 valence electrons. The van der Waals surface area contributed by atoms with Gasteiger partial charge in [0.1, 0.15) is 46.5 Å². The number of hydrogen-bond donors (Lipinski definition) is 12. The number of carbonyl (C=O) groups is 6. The van der Waals surface area contributed by atoms with Gasteiger partial charge in [-0.15, -0.1) is 0 Å². The summed E-state index contributed by atoms with van der Waals surface area (Å²) in [4.78, 5) is 105. The lowest BCUT2D eigenvalue weighted by Gasteiger charge is -2.13. The van der Waals surface area contributed by atoms with Crippen molar-refractivity contribution in [3.63, 3.8) is 0 Å². The molecule has 10 unspecified atom stereocenters. The number of benzene rings is 6. The monoisotopic (exact) mass is 1840 g/mol. The van der Waals surface area contributed by atoms with Gasteiger partial charge in [-0.2, -0.15) is 49.8 Å². The van der Waals surface area contributed by atoms with Crippen LogP contribution in [0.1, 0.15) is 64.8 Å². The molecule has 6 amide bonds. The number of nitrogens with two attached hydrogens (primary N) is 5. The highest BCUT2D eigenvalue weighted by Gasteiger charge is 2.47. The predicted molar refractivity (Wildman–Crippen MR) is 515 cm³/mol. The number of pyridine rings is 6. The first-order valence-electron chi connectivity index (χ1n) is 43.5. The third-order valence-corrected chi connectivity index (χ3v) is 24.8. The van der Waals surface area contributed by atoms with Gasteiger partial charge in [0.25, 0.3) is 5.91 Å². The molecule has 10 atom stereocenters. The molecule has 5 fully saturated rings. The molecular formula is C101H83F3N28O6. The number of nitrogens with zero attached hydrogens (tertiary/aromatic N) is 16. The Kier molecular flexibility index (Phi) is 24.9. The second-order valence-electron chi connectivity index (χ2n) is 34.3. The number of H-pyrrole nitrogens is 1. The number of halogens is 3. The van der Waals surface area contributed by atoms with E-state index in [1.807, 2.05) is 127 Å². The number of amides is 6. The Hall–Kier alpha value is -18.5. The number of alkyl halides is 3. The smallest absolute Gasteiger partial charge is 0.398 e. The fourth-order valence-corrected chi connectivity index (χ4v) is 16.6. The summed E-state index contributed by atoms with van der Waals surface area (Å²) in [6.07, 6.45) is 17.2. The highest BCUT2D eigenvalue weighted by Crippen LogP contribution is 2.46. The van der Waals surface area contributed by atoms with Gasteiger partial charge in [-0.1, -0.05) is 30.3 Å². The van der Waals surface area contributed by atoms with Crippen LogP contribution < -0.4 is 60.6 Å². The van der Waals surface area contributed by atoms with Crippen LogP contribution in [0.3, 0.4) is 0 Å². The Morgan fingerprint density at radius 3 is 1.30 bits per heavy atom. The molecule has 0 radical (unpaired) electrons. The number of nitrogens with one attached hydrogen (secondary N) is 7. The first kappa shape index (κ1) is 91.4. The first-order chi connectivity index (χ1) is 66.4. The summed E-state index contributed by atoms with van der Waals surface area (Å²) in [5.74, 6) is -1.68. The summed E-state index contributed by atoms with van der Waals surface area (Å²) in [6, 6.07) is 51.4. The Balaban J connectivity index is 0.000000120. The summed E-state index contributed by atoms with van der Waals surface area (Å²) in [5, 5.41) is 82.1. The van der Waals surface area contributed by atoms with E-state index in [0.29, 0.717) is 111 Å². The first-order valence-corrected chi connectivity index (χ1v) is 43.5. The molecular weight excluding hydrogens is 1760 g/mol. The minimum atomic E-state index is -4.55. The molecule has 1 aliphatic heterocycles. The van der Waals surface area contributed by atoms with Crippen LogP contribution in [0.25, 0.3) is 110 Å². The Morgan fingerprint density at radius 1 is 0.464 bits per heavy atom. The molecule has 5 saturated carbocycles. The summed E-state index contributed by atoms with van der Waals surface area (Å²) >= 11 is 0. The molecule has 17 N–H and O–H groups in total. The van der Waals surface area contributed by atoms with Crippen LogP contribution in [0.5, 0.6) is 0 Å². The van der Waals surface area contributed by atoms with E-state index >= 15 is 0 Å². The molecule has 0 bridgehead atoms. The van der Waals surface area contributed by atoms with Gasteiger partial charge in [-0.25, -0.2) is 29.9 Å². The van der Waals surface area contributed by atoms with E-state index in [1.165, 1.54) is 18.3 Å². The Morgan fingerprint density at radius 2 is 0.877 bits per heavy atom. The number of nitrogen functional groups attached to an aromatic ring is 5. The van der Waals surface area contributed by atoms with Gasteiger partial charge in [0.05, 0.1) is 113 Å². The third-order valence-electron chi connectivity index (χ3n) is 24.8. The van der Waals surface area contributed by atoms with E-state index in [0.717, 1.165) is 99.1 Å². The number of aromatic nitrogens is 10. The van der Waals surface area contributed by atoms with Crippen molar-refractivity contribution in [1.29, 1.82) is 31.6 Å². The maximum atomic E-state index is 13.2. The lowest BCUT2D eigenvalue weighted by molar-refractivity contribution is -0.118. The average molecular weight is 1840 g/mol. The fourth-order valence-electron chi connectivity index (χ4n) is 16.6. The number of rotatable bonds is 16. The number of fused-ring (bicyclic) bond motifs is 6. The molecule has 0 spiro atoms. The van der Waals surface area contributed by atoms with Crippen molar-refractivity contribution in [1.82, 2.24) is 54.4 Å². The molecule has 9 aromatic heterocycles. The van der Waals surface area contributed by atoms with Crippen molar-refractivity contribution in [2.45, 2.75) is 52.1 Å². The predicted octanol–water partition coefficient (Wildman–Crippen LogP) is 15.2. The van der Waals surface area contributed by atoms with E-state index in [-0.39, 0.29) is 118 Å². The maximum absolute atomic E-state index is 13.2. The van der Waals surface area contributed by atoms with Crippen LogP contribution in [-0.2, 0) is 31.0 Å². The minimum Gasteiger partial charge on any atom is -0.398 e. The molecule has 10 heterocycles. The number of hydrogen-bond acceptors (Lipinski definition) is 25. The Bertz CT molecular complexity index is 7940. The van der Waals surface area contributed by atoms with E-state index in [2.05, 4.69) is 114 Å². The van der Waals surface area contributed by atoms with Gasteiger partial charge in [0.15, 0.2) is 5.69 Å². The number of aryl methyl sites for hydroxylation is 3. The highest BCUT2D eigenvalue weighted by molar-refractivity contribution is 6.28. The minimum absolute atomic E-state index is 0.0154. The normalized spacial score (nSPS) is 18.6. The number of anilines is 10. The van der Waals surface area contributed by atoms with E-state index in [4.69, 9.17) is 55.0 Å². The fraction of sp³-hybridized carbons (Fsp3) is 0.208. The van der Waals surface area contributed by atoms with Crippen molar-refractivity contribution in [2.75, 3.05) is 68.8 Å². The molecule has 21 rings (SSSR count). The van der Waals surface area contributed by atoms with Crippen molar-refractivity contribution in [3.05, 3.63) is 223 Å². The van der Waals surface area contributed by atoms with Gasteiger partial charge in [0, 0.05) is 142 Å². The van der Waals surface area contributed by atoms with Crippen LogP contribution in [0, 0.1) is 141 Å². The molecule has 6 aliphatic rings. The van der Waals surface area contributed by atoms with Crippen LogP contribution >= 0.6 is 0 Å². The van der Waals surface area contributed by atoms with Crippen LogP contribution in [0.15, 0.2) is 200 Å². The number of allylic oxidation sites excluding steroid dienone is 1. The standard InChI is InChI=1S/C22H18N6O.C22H17N5O.C20H19N7O2.C19H14F3N5O.C18H15N5O/c1-12-11-28-3-2-25-21(28)8-16(12)13-4-14-7-20(26-10-18(14)19(24)6-13)27-22(29)17-5-15(17)9-23;1-12-4-2-3-5-15(12)17-6-13-8-20(27-22(28)16-7-14(16)9-23)26-11-19(13)21(25)18(17)10-24;1-23-20(29)16-7-17(27(2)26-16)11-3-10-6-18(24-9-14(10)15(22)5-11)25-19(28)13-4-12(13)8-21;20-19(21,22)17-12(1-2-25-17)9-3-10-6-16(26-8-14(10)15(24)5-9)27-18(28)13-4-11(13)7-23;19-7-13-4-14(13)18(24)23-17-6-12-3-11(10-1-2-21-8-10)5-16(20)15(12)9-22-17/h2-4,6-8,10-11,15,17H,5,24H2,1H3,(H,26,27,29);2-6,8,11,14,16H,7,25H2,1H3,(H,26,27,28);3,5-7,9,12-13H,4,22H2,1-2H3,(H,23,29)(H,24,25,28);1,3,5-6,8,11,13H,2,4,24H2,(H,26,27,28);1-3,5-6,8-9,13-14,21H,4,20H2,(H,22,23,24). The molecule has 6 aromatic carbocycles. The number of nitriles is 6. The third kappa shape index (κ3) is 19.4. The zero-order valence-corrected chi connectivity index (χ0v) is 74.1. The van der Waals surface area contributed by atoms with Crippen LogP contribution in [0.2, 0.25) is 0 Å². The quantitative estimate of drug-likeness (QED) is 0.0400. The number of aromatic amines is 1. The molecule has 0 saturated heterocycles. The average Bonchev–Trinajstić information content (AvgIpc) is 1.44. The lowest BCUT2D eigenvalue weighted by atomic mass is 9.92. The van der Waals surface area contributed by atoms with Gasteiger partial charge in [-0.3, -0.25) is 38.4 Å². The topological polar surface area (TPSA) is 575 Å². The van der Waals surface area contributed by atoms with Crippen molar-refractivity contribution in [2.24, 2.45) is 71.2 Å². The van der Waals surface area contributed by atoms with E-state index < -0.39 is 11.9 Å². The Labute approximate surface area is 784 Å². The molecule has 37 heteroatoms. The summed E-state index contributed by atoms with van der Waals surface area (Å²) in [7, 11) is 3.30. The summed E-state index contributed by atoms with van der Waals surface area (Å²) in [6.45, 7) is 3.99. The molecule has 5 aliphatic carbocycles. The number of imidazole rings is 1. The largest absolute Gasteiger partial charge is 0.433 e. The van der Waals surface area contributed by atoms with Crippen LogP contribution in [0.4, 0.5) is 70.7 Å². The second-order valence-corrected chi connectivity index (χ2v) is 34.3. The van der Waals surface area contributed by atoms with Gasteiger partial charge < -0.3 is 70.0 Å². The van der Waals surface area contributed by atoms with E-state index in [1.54, 1.807) is 86.2 Å². The van der Waals surface area contributed by atoms with Crippen molar-refractivity contribution < 1.29 is 41.9 Å². The number of aliphatic imine (C=N–C) groups is 1. The highest BCUT2D eigenvalue weighted by atomic mass is 19.4. The van der Waals surface area contributed by atoms with Crippen molar-refractivity contribution >= 4 is 164 Å². The van der Waals surface area contributed by atoms with Crippen molar-refractivity contribution in [3.8, 4) is 81.1 Å². The van der Waals surface area contributed by atoms with Gasteiger partial charge in [-0.05, 0) is 221 Å². The van der Waals surface area contributed by atoms with Crippen LogP contribution in [-0.4, -0.2) is 110 Å². The zero-order chi connectivity index (χ0) is 97.4. The summed E-state index contributed by atoms with van der Waals surface area (Å²) in [5.41, 5.74) is 43.7. The maximum Gasteiger partial charge on any atom is 0.433 e. The number of carbonyl (C=O) groups excluding carboxylic acids is 6. The zero-order valence-electron chi connectivity index (χ0n) is 74.1. The molecule has 15 aromatic rings. The second kappa shape index (κ2) is 37.6. The van der Waals surface area contributed by atoms with Gasteiger partial charge >= 0.3 is 6.18 Å². The molecule has 34 nitrogen and oxygen atoms in total. The summed E-state index contributed by atoms with van der Waals surface area (Å²) < 4.78 is 43.1.